The van der Waals surface area contributed by atoms with E-state index in [1.807, 2.05) is 52.0 Å². The van der Waals surface area contributed by atoms with Gasteiger partial charge in [-0.05, 0) is 88.7 Å². The first-order valence-corrected chi connectivity index (χ1v) is 15.3. The predicted molar refractivity (Wildman–Crippen MR) is 161 cm³/mol. The number of nitrogens with one attached hydrogen (secondary N) is 1. The Labute approximate surface area is 245 Å². The van der Waals surface area contributed by atoms with Gasteiger partial charge in [0.25, 0.3) is 10.0 Å². The lowest BCUT2D eigenvalue weighted by Crippen LogP contribution is -2.52. The fourth-order valence-electron chi connectivity index (χ4n) is 4.02. The van der Waals surface area contributed by atoms with Crippen LogP contribution in [0.15, 0.2) is 82.2 Å². The van der Waals surface area contributed by atoms with Gasteiger partial charge in [-0.3, -0.25) is 13.9 Å². The van der Waals surface area contributed by atoms with Crippen LogP contribution in [0.3, 0.4) is 0 Å². The lowest BCUT2D eigenvalue weighted by Gasteiger charge is -2.32. The van der Waals surface area contributed by atoms with Crippen LogP contribution in [0.4, 0.5) is 5.69 Å². The smallest absolute Gasteiger partial charge is 0.264 e. The van der Waals surface area contributed by atoms with Gasteiger partial charge in [-0.1, -0.05) is 45.8 Å². The monoisotopic (exact) mass is 629 g/mol. The van der Waals surface area contributed by atoms with E-state index in [9.17, 15) is 18.0 Å². The number of nitrogens with zero attached hydrogens (tertiary/aromatic N) is 2. The number of carbonyl (C=O) groups excluding carboxylic acids is 2. The maximum atomic E-state index is 13.9. The number of benzene rings is 3. The molecule has 8 nitrogen and oxygen atoms in total. The number of aryl methyl sites for hydroxylation is 1. The summed E-state index contributed by atoms with van der Waals surface area (Å²) in [5, 5.41) is 2.85. The van der Waals surface area contributed by atoms with E-state index in [0.29, 0.717) is 18.0 Å². The van der Waals surface area contributed by atoms with Crippen molar-refractivity contribution < 1.29 is 22.7 Å². The van der Waals surface area contributed by atoms with Crippen molar-refractivity contribution in [3.05, 3.63) is 88.4 Å². The van der Waals surface area contributed by atoms with Crippen LogP contribution in [0, 0.1) is 6.92 Å². The number of anilines is 1. The number of rotatable bonds is 12. The van der Waals surface area contributed by atoms with Crippen molar-refractivity contribution in [3.8, 4) is 5.75 Å². The molecular weight excluding hydrogens is 594 g/mol. The van der Waals surface area contributed by atoms with E-state index < -0.39 is 28.5 Å². The summed E-state index contributed by atoms with van der Waals surface area (Å²) >= 11 is 3.34. The molecule has 0 bridgehead atoms. The largest absolute Gasteiger partial charge is 0.494 e. The summed E-state index contributed by atoms with van der Waals surface area (Å²) in [4.78, 5) is 28.4. The molecule has 0 saturated carbocycles. The number of carbonyl (C=O) groups is 2. The lowest BCUT2D eigenvalue weighted by atomic mass is 10.1. The SMILES string of the molecule is CCOc1ccc(N(CC(=O)N(Cc2ccc(C)cc2)C(C)C(=O)NC(C)C)S(=O)(=O)c2ccc(Br)cc2)cc1. The van der Waals surface area contributed by atoms with Gasteiger partial charge in [0, 0.05) is 17.1 Å². The highest BCUT2D eigenvalue weighted by Gasteiger charge is 2.32. The second-order valence-electron chi connectivity index (χ2n) is 9.74. The maximum Gasteiger partial charge on any atom is 0.264 e. The normalized spacial score (nSPS) is 12.1. The van der Waals surface area contributed by atoms with Crippen molar-refractivity contribution in [3.63, 3.8) is 0 Å². The molecule has 1 unspecified atom stereocenters. The standard InChI is InChI=1S/C30H36BrN3O5S/c1-6-39-27-15-13-26(14-16-27)34(40(37,38)28-17-11-25(31)12-18-28)20-29(35)33(23(5)30(36)32-21(2)3)19-24-9-7-22(4)8-10-24/h7-18,21,23H,6,19-20H2,1-5H3,(H,32,36). The number of sulfonamides is 1. The quantitative estimate of drug-likeness (QED) is 0.294. The van der Waals surface area contributed by atoms with Gasteiger partial charge in [0.15, 0.2) is 0 Å². The van der Waals surface area contributed by atoms with Gasteiger partial charge >= 0.3 is 0 Å². The highest BCUT2D eigenvalue weighted by Crippen LogP contribution is 2.27. The van der Waals surface area contributed by atoms with Crippen molar-refractivity contribution >= 4 is 43.5 Å². The Bertz CT molecular complexity index is 1390. The summed E-state index contributed by atoms with van der Waals surface area (Å²) < 4.78 is 35.1. The van der Waals surface area contributed by atoms with E-state index in [0.717, 1.165) is 19.9 Å². The molecule has 0 fully saturated rings. The van der Waals surface area contributed by atoms with Crippen molar-refractivity contribution in [2.24, 2.45) is 0 Å². The van der Waals surface area contributed by atoms with Gasteiger partial charge in [-0.2, -0.15) is 0 Å². The summed E-state index contributed by atoms with van der Waals surface area (Å²) in [6, 6.07) is 19.5. The zero-order valence-corrected chi connectivity index (χ0v) is 25.8. The minimum atomic E-state index is -4.14. The van der Waals surface area contributed by atoms with Crippen molar-refractivity contribution in [2.45, 2.75) is 58.1 Å². The Hall–Kier alpha value is -3.37. The molecule has 0 heterocycles. The maximum absolute atomic E-state index is 13.9. The molecule has 1 N–H and O–H groups in total. The molecule has 40 heavy (non-hydrogen) atoms. The van der Waals surface area contributed by atoms with E-state index in [2.05, 4.69) is 21.2 Å². The van der Waals surface area contributed by atoms with E-state index in [1.165, 1.54) is 17.0 Å². The highest BCUT2D eigenvalue weighted by molar-refractivity contribution is 9.10. The number of hydrogen-bond donors (Lipinski definition) is 1. The first-order valence-electron chi connectivity index (χ1n) is 13.1. The second kappa shape index (κ2) is 13.8. The molecule has 3 rings (SSSR count). The summed E-state index contributed by atoms with van der Waals surface area (Å²) in [7, 11) is -4.14. The zero-order valence-electron chi connectivity index (χ0n) is 23.4. The molecule has 0 spiro atoms. The third kappa shape index (κ3) is 8.08. The molecule has 10 heteroatoms. The molecule has 0 saturated heterocycles. The van der Waals surface area contributed by atoms with E-state index >= 15 is 0 Å². The summed E-state index contributed by atoms with van der Waals surface area (Å²) in [5.74, 6) is -0.251. The van der Waals surface area contributed by atoms with Gasteiger partial charge in [0.1, 0.15) is 18.3 Å². The number of ether oxygens (including phenoxy) is 1. The molecule has 0 aliphatic heterocycles. The molecule has 1 atom stereocenters. The van der Waals surface area contributed by atoms with Gasteiger partial charge in [0.2, 0.25) is 11.8 Å². The molecule has 3 aromatic rings. The number of halogens is 1. The summed E-state index contributed by atoms with van der Waals surface area (Å²) in [6.45, 7) is 9.25. The van der Waals surface area contributed by atoms with Crippen LogP contribution in [-0.2, 0) is 26.2 Å². The van der Waals surface area contributed by atoms with E-state index in [4.69, 9.17) is 4.74 Å². The van der Waals surface area contributed by atoms with Gasteiger partial charge in [-0.15, -0.1) is 0 Å². The first kappa shape index (κ1) is 31.2. The van der Waals surface area contributed by atoms with Gasteiger partial charge in [0.05, 0.1) is 17.2 Å². The Balaban J connectivity index is 2.02. The van der Waals surface area contributed by atoms with Gasteiger partial charge in [-0.25, -0.2) is 8.42 Å². The fourth-order valence-corrected chi connectivity index (χ4v) is 5.69. The van der Waals surface area contributed by atoms with Crippen molar-refractivity contribution in [1.29, 1.82) is 0 Å². The average Bonchev–Trinajstić information content (AvgIpc) is 2.91. The van der Waals surface area contributed by atoms with Gasteiger partial charge < -0.3 is 15.0 Å². The topological polar surface area (TPSA) is 96.0 Å². The molecule has 3 aromatic carbocycles. The second-order valence-corrected chi connectivity index (χ2v) is 12.5. The third-order valence-electron chi connectivity index (χ3n) is 6.19. The lowest BCUT2D eigenvalue weighted by molar-refractivity contribution is -0.139. The average molecular weight is 631 g/mol. The number of hydrogen-bond acceptors (Lipinski definition) is 5. The minimum absolute atomic E-state index is 0.0352. The Morgan fingerprint density at radius 2 is 1.52 bits per heavy atom. The fraction of sp³-hybridized carbons (Fsp3) is 0.333. The minimum Gasteiger partial charge on any atom is -0.494 e. The van der Waals surface area contributed by atoms with Crippen LogP contribution in [0.1, 0.15) is 38.8 Å². The number of amides is 2. The molecule has 0 aliphatic rings. The summed E-state index contributed by atoms with van der Waals surface area (Å²) in [6.07, 6.45) is 0. The van der Waals surface area contributed by atoms with Crippen LogP contribution in [0.25, 0.3) is 0 Å². The first-order chi connectivity index (χ1) is 18.9. The Kier molecular flexibility index (Phi) is 10.8. The van der Waals surface area contributed by atoms with E-state index in [1.54, 1.807) is 43.3 Å². The van der Waals surface area contributed by atoms with Crippen LogP contribution < -0.4 is 14.4 Å². The van der Waals surface area contributed by atoms with Crippen molar-refractivity contribution in [2.75, 3.05) is 17.5 Å². The molecule has 0 aliphatic carbocycles. The highest BCUT2D eigenvalue weighted by atomic mass is 79.9. The molecule has 2 amide bonds. The molecular formula is C30H36BrN3O5S. The Morgan fingerprint density at radius 3 is 2.08 bits per heavy atom. The van der Waals surface area contributed by atoms with Crippen LogP contribution in [0.2, 0.25) is 0 Å². The van der Waals surface area contributed by atoms with Crippen molar-refractivity contribution in [1.82, 2.24) is 10.2 Å². The van der Waals surface area contributed by atoms with E-state index in [-0.39, 0.29) is 23.4 Å². The molecule has 0 radical (unpaired) electrons. The molecule has 214 valence electrons. The van der Waals surface area contributed by atoms with Crippen LogP contribution in [-0.4, -0.2) is 50.4 Å². The molecule has 0 aromatic heterocycles. The summed E-state index contributed by atoms with van der Waals surface area (Å²) in [5.41, 5.74) is 2.19. The predicted octanol–water partition coefficient (Wildman–Crippen LogP) is 5.29. The Morgan fingerprint density at radius 1 is 0.925 bits per heavy atom. The van der Waals surface area contributed by atoms with Crippen LogP contribution >= 0.6 is 15.9 Å². The van der Waals surface area contributed by atoms with Crippen LogP contribution in [0.5, 0.6) is 5.75 Å². The third-order valence-corrected chi connectivity index (χ3v) is 8.50. The zero-order chi connectivity index (χ0) is 29.4.